The van der Waals surface area contributed by atoms with Gasteiger partial charge in [-0.25, -0.2) is 0 Å². The van der Waals surface area contributed by atoms with E-state index in [1.165, 1.54) is 46.8 Å². The third kappa shape index (κ3) is 8.05. The lowest BCUT2D eigenvalue weighted by atomic mass is 9.94. The lowest BCUT2D eigenvalue weighted by Crippen LogP contribution is -2.67. The molecule has 0 unspecified atom stereocenters. The summed E-state index contributed by atoms with van der Waals surface area (Å²) in [5, 5.41) is 0. The molecule has 1 aromatic carbocycles. The Morgan fingerprint density at radius 1 is 0.892 bits per heavy atom. The minimum Gasteiger partial charge on any atom is -0.493 e. The molecule has 1 heterocycles. The van der Waals surface area contributed by atoms with E-state index < -0.39 is 48.6 Å². The van der Waals surface area contributed by atoms with E-state index in [9.17, 15) is 19.2 Å². The molecule has 12 heteroatoms. The summed E-state index contributed by atoms with van der Waals surface area (Å²) in [7, 11) is 3.00. The van der Waals surface area contributed by atoms with Crippen LogP contribution in [0.15, 0.2) is 18.2 Å². The largest absolute Gasteiger partial charge is 0.493 e. The van der Waals surface area contributed by atoms with Gasteiger partial charge in [-0.15, -0.1) is 0 Å². The van der Waals surface area contributed by atoms with Crippen molar-refractivity contribution in [3.8, 4) is 11.5 Å². The Morgan fingerprint density at radius 3 is 2.03 bits per heavy atom. The zero-order chi connectivity index (χ0) is 27.7. The number of amides is 1. The molecule has 0 aliphatic carbocycles. The predicted octanol–water partition coefficient (Wildman–Crippen LogP) is 1.61. The molecule has 1 aliphatic heterocycles. The molecule has 2 rings (SSSR count). The highest BCUT2D eigenvalue weighted by molar-refractivity contribution is 5.74. The number of hydrogen-bond donors (Lipinski definition) is 0. The van der Waals surface area contributed by atoms with Gasteiger partial charge in [-0.2, -0.15) is 0 Å². The first-order valence-corrected chi connectivity index (χ1v) is 11.7. The molecule has 1 aromatic rings. The number of ether oxygens (including phenoxy) is 7. The van der Waals surface area contributed by atoms with Crippen molar-refractivity contribution in [1.82, 2.24) is 4.90 Å². The van der Waals surface area contributed by atoms with Gasteiger partial charge in [0.2, 0.25) is 5.91 Å². The molecule has 0 saturated carbocycles. The summed E-state index contributed by atoms with van der Waals surface area (Å²) in [5.74, 6) is -1.35. The SMILES string of the molecule is CCO[C@@H]1O[C@H](COC(C)=O)[C@@H](OC(C)=O)[C@H](OC(C)=O)[C@H]1N(Cc1ccc(OC)c(OC)c1)C(C)=O. The third-order valence-corrected chi connectivity index (χ3v) is 5.57. The first-order chi connectivity index (χ1) is 17.5. The second-order valence-corrected chi connectivity index (χ2v) is 8.28. The van der Waals surface area contributed by atoms with Crippen LogP contribution in [0.1, 0.15) is 40.2 Å². The summed E-state index contributed by atoms with van der Waals surface area (Å²) in [5.41, 5.74) is 0.677. The Morgan fingerprint density at radius 2 is 1.51 bits per heavy atom. The average Bonchev–Trinajstić information content (AvgIpc) is 2.82. The molecule has 0 N–H and O–H groups in total. The fourth-order valence-corrected chi connectivity index (χ4v) is 4.12. The maximum absolute atomic E-state index is 13.0. The zero-order valence-electron chi connectivity index (χ0n) is 22.2. The van der Waals surface area contributed by atoms with Crippen molar-refractivity contribution < 1.29 is 52.3 Å². The fourth-order valence-electron chi connectivity index (χ4n) is 4.12. The van der Waals surface area contributed by atoms with E-state index in [-0.39, 0.29) is 25.7 Å². The zero-order valence-corrected chi connectivity index (χ0v) is 22.2. The molecule has 1 fully saturated rings. The third-order valence-electron chi connectivity index (χ3n) is 5.57. The van der Waals surface area contributed by atoms with Gasteiger partial charge in [0.25, 0.3) is 0 Å². The van der Waals surface area contributed by atoms with Crippen LogP contribution in [0.4, 0.5) is 0 Å². The van der Waals surface area contributed by atoms with Gasteiger partial charge < -0.3 is 38.1 Å². The molecule has 0 radical (unpaired) electrons. The van der Waals surface area contributed by atoms with Crippen molar-refractivity contribution in [1.29, 1.82) is 0 Å². The number of methoxy groups -OCH3 is 2. The monoisotopic (exact) mass is 525 g/mol. The fraction of sp³-hybridized carbons (Fsp3) is 0.600. The number of rotatable bonds is 11. The van der Waals surface area contributed by atoms with Crippen LogP contribution in [0.5, 0.6) is 11.5 Å². The second kappa shape index (κ2) is 13.8. The molecule has 0 bridgehead atoms. The number of nitrogens with zero attached hydrogens (tertiary/aromatic N) is 1. The Bertz CT molecular complexity index is 966. The van der Waals surface area contributed by atoms with Crippen LogP contribution in [0.25, 0.3) is 0 Å². The Kier molecular flexibility index (Phi) is 11.1. The maximum Gasteiger partial charge on any atom is 0.303 e. The number of hydrogen-bond acceptors (Lipinski definition) is 11. The Hall–Kier alpha value is -3.38. The van der Waals surface area contributed by atoms with Crippen LogP contribution >= 0.6 is 0 Å². The standard InChI is InChI=1S/C25H35NO11/c1-8-33-25-22(26(14(2)27)12-18-9-10-19(31-6)20(11-18)32-7)24(36-17(5)30)23(35-16(4)29)21(37-25)13-34-15(3)28/h9-11,21-25H,8,12-13H2,1-7H3/t21-,22-,23-,24-,25-/m1/s1. The lowest BCUT2D eigenvalue weighted by Gasteiger charge is -2.48. The average molecular weight is 526 g/mol. The smallest absolute Gasteiger partial charge is 0.303 e. The topological polar surface area (TPSA) is 136 Å². The number of esters is 3. The van der Waals surface area contributed by atoms with E-state index in [2.05, 4.69) is 0 Å². The van der Waals surface area contributed by atoms with Gasteiger partial charge in [-0.1, -0.05) is 6.07 Å². The van der Waals surface area contributed by atoms with Gasteiger partial charge >= 0.3 is 17.9 Å². The summed E-state index contributed by atoms with van der Waals surface area (Å²) in [6.07, 6.45) is -4.53. The molecule has 0 aromatic heterocycles. The van der Waals surface area contributed by atoms with Crippen molar-refractivity contribution in [3.05, 3.63) is 23.8 Å². The summed E-state index contributed by atoms with van der Waals surface area (Å²) in [6, 6.07) is 4.14. The van der Waals surface area contributed by atoms with Gasteiger partial charge in [0.1, 0.15) is 18.8 Å². The highest BCUT2D eigenvalue weighted by Crippen LogP contribution is 2.33. The number of carbonyl (C=O) groups excluding carboxylic acids is 4. The molecule has 12 nitrogen and oxygen atoms in total. The predicted molar refractivity (Wildman–Crippen MR) is 128 cm³/mol. The molecule has 206 valence electrons. The van der Waals surface area contributed by atoms with E-state index in [4.69, 9.17) is 33.2 Å². The molecule has 1 aliphatic rings. The summed E-state index contributed by atoms with van der Waals surface area (Å²) in [4.78, 5) is 50.0. The van der Waals surface area contributed by atoms with Gasteiger partial charge in [-0.3, -0.25) is 19.2 Å². The molecule has 1 saturated heterocycles. The van der Waals surface area contributed by atoms with Crippen LogP contribution in [0.2, 0.25) is 0 Å². The summed E-state index contributed by atoms with van der Waals surface area (Å²) >= 11 is 0. The van der Waals surface area contributed by atoms with Gasteiger partial charge in [0, 0.05) is 40.8 Å². The van der Waals surface area contributed by atoms with Crippen molar-refractivity contribution in [2.45, 2.75) is 71.8 Å². The molecule has 0 spiro atoms. The minimum atomic E-state index is -1.20. The van der Waals surface area contributed by atoms with E-state index in [0.29, 0.717) is 17.1 Å². The Labute approximate surface area is 216 Å². The molecular formula is C25H35NO11. The summed E-state index contributed by atoms with van der Waals surface area (Å²) < 4.78 is 38.7. The molecule has 1 amide bonds. The second-order valence-electron chi connectivity index (χ2n) is 8.28. The van der Waals surface area contributed by atoms with Crippen LogP contribution in [-0.4, -0.2) is 86.8 Å². The highest BCUT2D eigenvalue weighted by Gasteiger charge is 2.53. The van der Waals surface area contributed by atoms with Crippen molar-refractivity contribution in [2.75, 3.05) is 27.4 Å². The van der Waals surface area contributed by atoms with Gasteiger partial charge in [0.05, 0.1) is 14.2 Å². The van der Waals surface area contributed by atoms with E-state index in [1.807, 2.05) is 0 Å². The highest BCUT2D eigenvalue weighted by atomic mass is 16.7. The number of benzene rings is 1. The van der Waals surface area contributed by atoms with Crippen LogP contribution < -0.4 is 9.47 Å². The van der Waals surface area contributed by atoms with Crippen molar-refractivity contribution >= 4 is 23.8 Å². The number of carbonyl (C=O) groups is 4. The first-order valence-electron chi connectivity index (χ1n) is 11.7. The van der Waals surface area contributed by atoms with Crippen LogP contribution in [0.3, 0.4) is 0 Å². The van der Waals surface area contributed by atoms with E-state index in [0.717, 1.165) is 0 Å². The molecular weight excluding hydrogens is 490 g/mol. The van der Waals surface area contributed by atoms with Gasteiger partial charge in [-0.05, 0) is 24.6 Å². The maximum atomic E-state index is 13.0. The van der Waals surface area contributed by atoms with Crippen molar-refractivity contribution in [2.24, 2.45) is 0 Å². The van der Waals surface area contributed by atoms with Gasteiger partial charge in [0.15, 0.2) is 30.0 Å². The lowest BCUT2D eigenvalue weighted by molar-refractivity contribution is -0.291. The van der Waals surface area contributed by atoms with E-state index >= 15 is 0 Å². The first kappa shape index (κ1) is 29.8. The van der Waals surface area contributed by atoms with Crippen LogP contribution in [-0.2, 0) is 49.4 Å². The Balaban J connectivity index is 2.57. The van der Waals surface area contributed by atoms with Crippen LogP contribution in [0, 0.1) is 0 Å². The van der Waals surface area contributed by atoms with E-state index in [1.54, 1.807) is 25.1 Å². The molecule has 37 heavy (non-hydrogen) atoms. The summed E-state index contributed by atoms with van der Waals surface area (Å²) in [6.45, 7) is 6.62. The normalized spacial score (nSPS) is 22.9. The molecule has 5 atom stereocenters. The minimum absolute atomic E-state index is 0.0481. The quantitative estimate of drug-likeness (QED) is 0.308. The van der Waals surface area contributed by atoms with Crippen molar-refractivity contribution in [3.63, 3.8) is 0 Å².